The fourth-order valence-corrected chi connectivity index (χ4v) is 1.89. The number of anilines is 1. The zero-order valence-electron chi connectivity index (χ0n) is 12.0. The van der Waals surface area contributed by atoms with Gasteiger partial charge in [-0.2, -0.15) is 0 Å². The van der Waals surface area contributed by atoms with Crippen LogP contribution in [0.1, 0.15) is 11.1 Å². The van der Waals surface area contributed by atoms with Crippen molar-refractivity contribution in [2.24, 2.45) is 10.9 Å². The van der Waals surface area contributed by atoms with Crippen LogP contribution in [0.5, 0.6) is 0 Å². The first kappa shape index (κ1) is 15.9. The highest BCUT2D eigenvalue weighted by Gasteiger charge is 2.04. The van der Waals surface area contributed by atoms with Gasteiger partial charge in [-0.15, -0.1) is 0 Å². The molecule has 0 fully saturated rings. The van der Waals surface area contributed by atoms with Gasteiger partial charge in [0, 0.05) is 16.3 Å². The lowest BCUT2D eigenvalue weighted by molar-refractivity contribution is -0.120. The number of amides is 1. The third-order valence-corrected chi connectivity index (χ3v) is 3.05. The monoisotopic (exact) mass is 317 g/mol. The van der Waals surface area contributed by atoms with E-state index in [4.69, 9.17) is 22.2 Å². The molecule has 114 valence electrons. The maximum atomic E-state index is 11.7. The van der Waals surface area contributed by atoms with Crippen LogP contribution in [0.2, 0.25) is 5.02 Å². The number of nitrogens with two attached hydrogens (primary N) is 1. The van der Waals surface area contributed by atoms with Crippen molar-refractivity contribution >= 4 is 29.0 Å². The van der Waals surface area contributed by atoms with Crippen molar-refractivity contribution < 1.29 is 9.63 Å². The Hall–Kier alpha value is -2.53. The second-order valence-electron chi connectivity index (χ2n) is 4.67. The van der Waals surface area contributed by atoms with E-state index in [0.29, 0.717) is 16.3 Å². The van der Waals surface area contributed by atoms with Crippen LogP contribution in [0, 0.1) is 6.92 Å². The van der Waals surface area contributed by atoms with Crippen molar-refractivity contribution in [1.82, 2.24) is 0 Å². The second-order valence-corrected chi connectivity index (χ2v) is 5.11. The highest BCUT2D eigenvalue weighted by atomic mass is 35.5. The van der Waals surface area contributed by atoms with Gasteiger partial charge in [0.1, 0.15) is 0 Å². The van der Waals surface area contributed by atoms with E-state index >= 15 is 0 Å². The summed E-state index contributed by atoms with van der Waals surface area (Å²) in [5.41, 5.74) is 8.20. The van der Waals surface area contributed by atoms with Crippen molar-refractivity contribution in [3.05, 3.63) is 64.7 Å². The van der Waals surface area contributed by atoms with Crippen LogP contribution < -0.4 is 11.1 Å². The number of carbonyl (C=O) groups excluding carboxylic acids is 1. The summed E-state index contributed by atoms with van der Waals surface area (Å²) in [4.78, 5) is 16.7. The number of halogens is 1. The summed E-state index contributed by atoms with van der Waals surface area (Å²) in [5.74, 6) is -0.155. The maximum Gasteiger partial charge on any atom is 0.265 e. The fourth-order valence-electron chi connectivity index (χ4n) is 1.69. The molecule has 0 aliphatic rings. The molecule has 0 unspecified atom stereocenters. The van der Waals surface area contributed by atoms with E-state index in [1.54, 1.807) is 24.3 Å². The Morgan fingerprint density at radius 1 is 1.27 bits per heavy atom. The molecule has 0 saturated heterocycles. The molecule has 0 spiro atoms. The molecule has 22 heavy (non-hydrogen) atoms. The molecule has 0 radical (unpaired) electrons. The van der Waals surface area contributed by atoms with E-state index in [9.17, 15) is 4.79 Å². The summed E-state index contributed by atoms with van der Waals surface area (Å²) in [6.45, 7) is 1.75. The fraction of sp³-hybridized carbons (Fsp3) is 0.125. The van der Waals surface area contributed by atoms with Crippen LogP contribution in [-0.2, 0) is 9.63 Å². The van der Waals surface area contributed by atoms with Gasteiger partial charge in [0.2, 0.25) is 0 Å². The molecule has 0 atom stereocenters. The smallest absolute Gasteiger partial charge is 0.265 e. The summed E-state index contributed by atoms with van der Waals surface area (Å²) in [6.07, 6.45) is 0. The number of hydrogen-bond donors (Lipinski definition) is 2. The number of nitrogens with one attached hydrogen (secondary N) is 1. The first-order valence-electron chi connectivity index (χ1n) is 6.62. The molecule has 0 aliphatic carbocycles. The highest BCUT2D eigenvalue weighted by molar-refractivity contribution is 6.31. The van der Waals surface area contributed by atoms with Crippen LogP contribution in [0.4, 0.5) is 5.69 Å². The molecule has 6 heteroatoms. The predicted molar refractivity (Wildman–Crippen MR) is 87.9 cm³/mol. The number of hydrogen-bond acceptors (Lipinski definition) is 3. The minimum absolute atomic E-state index is 0.158. The van der Waals surface area contributed by atoms with Crippen molar-refractivity contribution in [1.29, 1.82) is 0 Å². The molecule has 0 aromatic heterocycles. The molecular weight excluding hydrogens is 302 g/mol. The zero-order chi connectivity index (χ0) is 15.9. The molecule has 2 aromatic carbocycles. The topological polar surface area (TPSA) is 76.7 Å². The largest absolute Gasteiger partial charge is 0.384 e. The second kappa shape index (κ2) is 7.47. The standard InChI is InChI=1S/C16H16ClN3O2/c1-11-5-7-14(8-6-11)19-15(21)10-22-20-16(18)12-3-2-4-13(17)9-12/h2-9H,10H2,1H3,(H2,18,20)(H,19,21). The van der Waals surface area contributed by atoms with E-state index < -0.39 is 0 Å². The van der Waals surface area contributed by atoms with Crippen LogP contribution in [0.3, 0.4) is 0 Å². The van der Waals surface area contributed by atoms with E-state index in [-0.39, 0.29) is 18.3 Å². The summed E-state index contributed by atoms with van der Waals surface area (Å²) < 4.78 is 0. The zero-order valence-corrected chi connectivity index (χ0v) is 12.8. The number of benzene rings is 2. The highest BCUT2D eigenvalue weighted by Crippen LogP contribution is 2.10. The predicted octanol–water partition coefficient (Wildman–Crippen LogP) is 2.92. The van der Waals surface area contributed by atoms with Gasteiger partial charge in [0.05, 0.1) is 0 Å². The molecule has 2 aromatic rings. The van der Waals surface area contributed by atoms with Crippen molar-refractivity contribution in [2.75, 3.05) is 11.9 Å². The van der Waals surface area contributed by atoms with Crippen LogP contribution >= 0.6 is 11.6 Å². The Kier molecular flexibility index (Phi) is 5.38. The summed E-state index contributed by atoms with van der Waals surface area (Å²) >= 11 is 5.86. The number of rotatable bonds is 5. The minimum atomic E-state index is -0.313. The first-order chi connectivity index (χ1) is 10.5. The first-order valence-corrected chi connectivity index (χ1v) is 7.00. The molecule has 0 aliphatic heterocycles. The van der Waals surface area contributed by atoms with Gasteiger partial charge in [0.25, 0.3) is 5.91 Å². The SMILES string of the molecule is Cc1ccc(NC(=O)CO/N=C(\N)c2cccc(Cl)c2)cc1. The number of oxime groups is 1. The van der Waals surface area contributed by atoms with Crippen LogP contribution in [0.15, 0.2) is 53.7 Å². The maximum absolute atomic E-state index is 11.7. The Balaban J connectivity index is 1.85. The summed E-state index contributed by atoms with van der Waals surface area (Å²) in [5, 5.41) is 6.95. The van der Waals surface area contributed by atoms with Gasteiger partial charge in [0.15, 0.2) is 12.4 Å². The Morgan fingerprint density at radius 2 is 2.00 bits per heavy atom. The molecule has 0 saturated carbocycles. The Bertz CT molecular complexity index is 684. The van der Waals surface area contributed by atoms with Crippen LogP contribution in [0.25, 0.3) is 0 Å². The minimum Gasteiger partial charge on any atom is -0.384 e. The molecule has 0 heterocycles. The number of carbonyl (C=O) groups is 1. The van der Waals surface area contributed by atoms with E-state index in [1.165, 1.54) is 0 Å². The van der Waals surface area contributed by atoms with Crippen LogP contribution in [-0.4, -0.2) is 18.3 Å². The van der Waals surface area contributed by atoms with Gasteiger partial charge in [-0.3, -0.25) is 4.79 Å². The molecule has 1 amide bonds. The summed E-state index contributed by atoms with van der Waals surface area (Å²) in [7, 11) is 0. The molecule has 0 bridgehead atoms. The third kappa shape index (κ3) is 4.79. The van der Waals surface area contributed by atoms with Gasteiger partial charge < -0.3 is 15.9 Å². The quantitative estimate of drug-likeness (QED) is 0.505. The molecule has 3 N–H and O–H groups in total. The lowest BCUT2D eigenvalue weighted by Crippen LogP contribution is -2.19. The average Bonchev–Trinajstić information content (AvgIpc) is 2.49. The lowest BCUT2D eigenvalue weighted by atomic mass is 10.2. The Labute approximate surface area is 133 Å². The molecule has 5 nitrogen and oxygen atoms in total. The van der Waals surface area contributed by atoms with Gasteiger partial charge >= 0.3 is 0 Å². The van der Waals surface area contributed by atoms with E-state index in [1.807, 2.05) is 31.2 Å². The normalized spacial score (nSPS) is 11.1. The Morgan fingerprint density at radius 3 is 2.68 bits per heavy atom. The number of amidine groups is 1. The van der Waals surface area contributed by atoms with Crippen molar-refractivity contribution in [3.8, 4) is 0 Å². The molecule has 2 rings (SSSR count). The van der Waals surface area contributed by atoms with E-state index in [0.717, 1.165) is 5.56 Å². The van der Waals surface area contributed by atoms with Gasteiger partial charge in [-0.05, 0) is 31.2 Å². The van der Waals surface area contributed by atoms with Crippen molar-refractivity contribution in [3.63, 3.8) is 0 Å². The third-order valence-electron chi connectivity index (χ3n) is 2.81. The molecular formula is C16H16ClN3O2. The summed E-state index contributed by atoms with van der Waals surface area (Å²) in [6, 6.07) is 14.3. The van der Waals surface area contributed by atoms with Gasteiger partial charge in [-0.1, -0.05) is 46.6 Å². The number of nitrogens with zero attached hydrogens (tertiary/aromatic N) is 1. The lowest BCUT2D eigenvalue weighted by Gasteiger charge is -2.05. The average molecular weight is 318 g/mol. The van der Waals surface area contributed by atoms with E-state index in [2.05, 4.69) is 10.5 Å². The van der Waals surface area contributed by atoms with Crippen molar-refractivity contribution in [2.45, 2.75) is 6.92 Å². The van der Waals surface area contributed by atoms with Gasteiger partial charge in [-0.25, -0.2) is 0 Å². The number of aryl methyl sites for hydroxylation is 1.